The van der Waals surface area contributed by atoms with E-state index in [1.807, 2.05) is 0 Å². The molecular weight excluding hydrogens is 156 g/mol. The standard InChI is InChI=1S/C5H7BrO/c6-4-2-1-3-5-7/h7H,1,3,5H2. The van der Waals surface area contributed by atoms with Crippen molar-refractivity contribution in [1.29, 1.82) is 0 Å². The number of aliphatic hydroxyl groups is 1. The predicted octanol–water partition coefficient (Wildman–Crippen LogP) is 1.11. The molecule has 0 fully saturated rings. The Morgan fingerprint density at radius 1 is 1.57 bits per heavy atom. The van der Waals surface area contributed by atoms with Gasteiger partial charge in [0.25, 0.3) is 0 Å². The summed E-state index contributed by atoms with van der Waals surface area (Å²) in [6.07, 6.45) is 1.56. The zero-order chi connectivity index (χ0) is 5.54. The third kappa shape index (κ3) is 6.00. The minimum Gasteiger partial charge on any atom is -0.396 e. The Hall–Kier alpha value is 0. The Labute approximate surface area is 51.9 Å². The maximum absolute atomic E-state index is 8.21. The molecular formula is C5H7BrO. The molecule has 7 heavy (non-hydrogen) atoms. The van der Waals surface area contributed by atoms with Gasteiger partial charge in [0, 0.05) is 29.0 Å². The van der Waals surface area contributed by atoms with Crippen molar-refractivity contribution in [2.45, 2.75) is 12.8 Å². The number of rotatable bonds is 2. The van der Waals surface area contributed by atoms with Crippen LogP contribution in [0.15, 0.2) is 0 Å². The molecule has 0 amide bonds. The fourth-order valence-corrected chi connectivity index (χ4v) is 0.413. The second-order valence-corrected chi connectivity index (χ2v) is 1.49. The highest BCUT2D eigenvalue weighted by atomic mass is 79.9. The van der Waals surface area contributed by atoms with Crippen LogP contribution in [0.25, 0.3) is 0 Å². The van der Waals surface area contributed by atoms with Gasteiger partial charge < -0.3 is 5.11 Å². The highest BCUT2D eigenvalue weighted by molar-refractivity contribution is 9.12. The van der Waals surface area contributed by atoms with Crippen LogP contribution in [0.5, 0.6) is 0 Å². The van der Waals surface area contributed by atoms with Gasteiger partial charge in [0.1, 0.15) is 0 Å². The Kier molecular flexibility index (Phi) is 6.00. The molecule has 1 nitrogen and oxygen atoms in total. The Morgan fingerprint density at radius 3 is 2.71 bits per heavy atom. The maximum Gasteiger partial charge on any atom is 0.0440 e. The van der Waals surface area contributed by atoms with E-state index in [9.17, 15) is 0 Å². The average molecular weight is 163 g/mol. The normalized spacial score (nSPS) is 7.14. The topological polar surface area (TPSA) is 20.2 Å². The minimum absolute atomic E-state index is 0.238. The third-order valence-electron chi connectivity index (χ3n) is 0.527. The van der Waals surface area contributed by atoms with E-state index in [1.54, 1.807) is 0 Å². The Morgan fingerprint density at radius 2 is 2.29 bits per heavy atom. The molecule has 0 aromatic heterocycles. The SMILES string of the molecule is OCCCC#CBr. The first-order valence-corrected chi connectivity index (χ1v) is 2.90. The van der Waals surface area contributed by atoms with E-state index in [0.29, 0.717) is 0 Å². The van der Waals surface area contributed by atoms with Crippen LogP contribution in [-0.2, 0) is 0 Å². The molecule has 40 valence electrons. The molecule has 0 unspecified atom stereocenters. The van der Waals surface area contributed by atoms with E-state index < -0.39 is 0 Å². The van der Waals surface area contributed by atoms with E-state index in [2.05, 4.69) is 26.7 Å². The number of unbranched alkanes of at least 4 members (excludes halogenated alkanes) is 1. The van der Waals surface area contributed by atoms with Crippen LogP contribution in [0, 0.1) is 10.8 Å². The lowest BCUT2D eigenvalue weighted by Crippen LogP contribution is -1.77. The van der Waals surface area contributed by atoms with Crippen molar-refractivity contribution in [3.8, 4) is 10.8 Å². The van der Waals surface area contributed by atoms with Crippen LogP contribution in [0.1, 0.15) is 12.8 Å². The van der Waals surface area contributed by atoms with Gasteiger partial charge in [-0.2, -0.15) is 0 Å². The second kappa shape index (κ2) is 6.00. The van der Waals surface area contributed by atoms with Gasteiger partial charge in [-0.15, -0.1) is 0 Å². The molecule has 0 aromatic carbocycles. The first-order valence-electron chi connectivity index (χ1n) is 2.11. The van der Waals surface area contributed by atoms with Gasteiger partial charge in [-0.3, -0.25) is 0 Å². The van der Waals surface area contributed by atoms with E-state index in [4.69, 9.17) is 5.11 Å². The molecule has 0 atom stereocenters. The Balaban J connectivity index is 2.78. The van der Waals surface area contributed by atoms with Crippen molar-refractivity contribution in [3.05, 3.63) is 0 Å². The van der Waals surface area contributed by atoms with Gasteiger partial charge in [-0.05, 0) is 11.3 Å². The van der Waals surface area contributed by atoms with Crippen LogP contribution < -0.4 is 0 Å². The summed E-state index contributed by atoms with van der Waals surface area (Å²) in [4.78, 5) is 2.55. The molecule has 0 bridgehead atoms. The number of hydrogen-bond donors (Lipinski definition) is 1. The first-order chi connectivity index (χ1) is 3.41. The van der Waals surface area contributed by atoms with Gasteiger partial charge in [-0.25, -0.2) is 0 Å². The third-order valence-corrected chi connectivity index (χ3v) is 0.807. The highest BCUT2D eigenvalue weighted by Crippen LogP contribution is 1.83. The summed E-state index contributed by atoms with van der Waals surface area (Å²) >= 11 is 2.94. The molecule has 1 N–H and O–H groups in total. The highest BCUT2D eigenvalue weighted by Gasteiger charge is 1.74. The van der Waals surface area contributed by atoms with Crippen molar-refractivity contribution in [2.24, 2.45) is 0 Å². The zero-order valence-corrected chi connectivity index (χ0v) is 5.53. The van der Waals surface area contributed by atoms with E-state index in [1.165, 1.54) is 0 Å². The fourth-order valence-electron chi connectivity index (χ4n) is 0.215. The van der Waals surface area contributed by atoms with E-state index in [-0.39, 0.29) is 6.61 Å². The first kappa shape index (κ1) is 7.00. The molecule has 0 rings (SSSR count). The average Bonchev–Trinajstić information content (AvgIpc) is 1.69. The molecule has 2 heteroatoms. The largest absolute Gasteiger partial charge is 0.396 e. The fraction of sp³-hybridized carbons (Fsp3) is 0.600. The lowest BCUT2D eigenvalue weighted by molar-refractivity contribution is 0.290. The summed E-state index contributed by atoms with van der Waals surface area (Å²) in [5.41, 5.74) is 0. The van der Waals surface area contributed by atoms with Gasteiger partial charge in [0.2, 0.25) is 0 Å². The van der Waals surface area contributed by atoms with Gasteiger partial charge in [-0.1, -0.05) is 5.92 Å². The molecule has 0 heterocycles. The summed E-state index contributed by atoms with van der Waals surface area (Å²) in [6, 6.07) is 0. The van der Waals surface area contributed by atoms with Crippen molar-refractivity contribution in [2.75, 3.05) is 6.61 Å². The summed E-state index contributed by atoms with van der Waals surface area (Å²) in [5, 5.41) is 8.21. The second-order valence-electron chi connectivity index (χ2n) is 1.10. The van der Waals surface area contributed by atoms with Crippen molar-refractivity contribution in [3.63, 3.8) is 0 Å². The molecule has 0 spiro atoms. The van der Waals surface area contributed by atoms with Gasteiger partial charge >= 0.3 is 0 Å². The molecule has 0 aliphatic rings. The van der Waals surface area contributed by atoms with Crippen LogP contribution in [0.3, 0.4) is 0 Å². The summed E-state index contributed by atoms with van der Waals surface area (Å²) in [6.45, 7) is 0.238. The van der Waals surface area contributed by atoms with Crippen molar-refractivity contribution in [1.82, 2.24) is 0 Å². The molecule has 0 aliphatic heterocycles. The summed E-state index contributed by atoms with van der Waals surface area (Å²) < 4.78 is 0. The zero-order valence-electron chi connectivity index (χ0n) is 3.95. The monoisotopic (exact) mass is 162 g/mol. The lowest BCUT2D eigenvalue weighted by Gasteiger charge is -1.80. The quantitative estimate of drug-likeness (QED) is 0.477. The van der Waals surface area contributed by atoms with E-state index >= 15 is 0 Å². The van der Waals surface area contributed by atoms with Crippen molar-refractivity contribution < 1.29 is 5.11 Å². The maximum atomic E-state index is 8.21. The molecule has 0 aromatic rings. The van der Waals surface area contributed by atoms with Crippen molar-refractivity contribution >= 4 is 15.9 Å². The lowest BCUT2D eigenvalue weighted by atomic mass is 10.3. The molecule has 0 saturated heterocycles. The summed E-state index contributed by atoms with van der Waals surface area (Å²) in [5.74, 6) is 2.76. The van der Waals surface area contributed by atoms with Gasteiger partial charge in [0.05, 0.1) is 0 Å². The van der Waals surface area contributed by atoms with Crippen LogP contribution in [0.2, 0.25) is 0 Å². The van der Waals surface area contributed by atoms with Crippen LogP contribution in [-0.4, -0.2) is 11.7 Å². The number of hydrogen-bond acceptors (Lipinski definition) is 1. The van der Waals surface area contributed by atoms with E-state index in [0.717, 1.165) is 12.8 Å². The van der Waals surface area contributed by atoms with Crippen LogP contribution in [0.4, 0.5) is 0 Å². The smallest absolute Gasteiger partial charge is 0.0440 e. The van der Waals surface area contributed by atoms with Crippen LogP contribution >= 0.6 is 15.9 Å². The molecule has 0 aliphatic carbocycles. The number of aliphatic hydroxyl groups excluding tert-OH is 1. The Bertz CT molecular complexity index is 79.8. The van der Waals surface area contributed by atoms with Gasteiger partial charge in [0.15, 0.2) is 0 Å². The minimum atomic E-state index is 0.238. The number of halogens is 1. The molecule has 0 saturated carbocycles. The molecule has 0 radical (unpaired) electrons. The summed E-state index contributed by atoms with van der Waals surface area (Å²) in [7, 11) is 0. The predicted molar refractivity (Wildman–Crippen MR) is 33.0 cm³/mol.